The fourth-order valence-corrected chi connectivity index (χ4v) is 2.27. The molecule has 0 atom stereocenters. The topological polar surface area (TPSA) is 62.7 Å². The second-order valence-electron chi connectivity index (χ2n) is 4.69. The molecule has 5 nitrogen and oxygen atoms in total. The first-order valence-corrected chi connectivity index (χ1v) is 6.35. The van der Waals surface area contributed by atoms with Crippen molar-refractivity contribution in [2.75, 3.05) is 18.1 Å². The predicted octanol–water partition coefficient (Wildman–Crippen LogP) is 2.62. The third-order valence-electron chi connectivity index (χ3n) is 3.22. The largest absolute Gasteiger partial charge is 0.478 e. The zero-order chi connectivity index (χ0) is 14.1. The van der Waals surface area contributed by atoms with Crippen LogP contribution in [0.5, 0.6) is 5.88 Å². The maximum absolute atomic E-state index is 11.1. The number of carboxylic acids is 1. The first-order valence-electron chi connectivity index (χ1n) is 6.35. The van der Waals surface area contributed by atoms with Gasteiger partial charge in [-0.3, -0.25) is 0 Å². The van der Waals surface area contributed by atoms with Gasteiger partial charge in [0.2, 0.25) is 5.88 Å². The molecule has 1 aromatic heterocycles. The van der Waals surface area contributed by atoms with Crippen molar-refractivity contribution in [2.45, 2.75) is 6.92 Å². The number of carbonyl (C=O) groups is 1. The number of carboxylic acid groups (broad SMARTS) is 1. The van der Waals surface area contributed by atoms with Crippen LogP contribution >= 0.6 is 0 Å². The lowest BCUT2D eigenvalue weighted by Gasteiger charge is -2.30. The second kappa shape index (κ2) is 4.85. The van der Waals surface area contributed by atoms with Crippen LogP contribution in [0.15, 0.2) is 36.5 Å². The highest BCUT2D eigenvalue weighted by Gasteiger charge is 2.21. The molecule has 102 valence electrons. The van der Waals surface area contributed by atoms with Gasteiger partial charge in [-0.1, -0.05) is 6.07 Å². The van der Waals surface area contributed by atoms with E-state index in [9.17, 15) is 4.79 Å². The lowest BCUT2D eigenvalue weighted by molar-refractivity contribution is 0.0697. The number of anilines is 2. The summed E-state index contributed by atoms with van der Waals surface area (Å²) in [6.45, 7) is 3.16. The standard InChI is InChI=1S/C15H14N2O3/c1-10-7-13-14(16-9-10)20-6-5-17(13)12-4-2-3-11(8-12)15(18)19/h2-4,7-9H,5-6H2,1H3,(H,18,19). The van der Waals surface area contributed by atoms with Gasteiger partial charge in [0.1, 0.15) is 12.3 Å². The smallest absolute Gasteiger partial charge is 0.335 e. The van der Waals surface area contributed by atoms with Crippen molar-refractivity contribution in [3.63, 3.8) is 0 Å². The molecule has 0 unspecified atom stereocenters. The molecule has 0 saturated carbocycles. The quantitative estimate of drug-likeness (QED) is 0.908. The number of pyridine rings is 1. The summed E-state index contributed by atoms with van der Waals surface area (Å²) in [6, 6.07) is 8.89. The summed E-state index contributed by atoms with van der Waals surface area (Å²) < 4.78 is 5.54. The van der Waals surface area contributed by atoms with E-state index in [4.69, 9.17) is 9.84 Å². The zero-order valence-corrected chi connectivity index (χ0v) is 11.0. The van der Waals surface area contributed by atoms with E-state index in [2.05, 4.69) is 4.98 Å². The Morgan fingerprint density at radius 1 is 1.40 bits per heavy atom. The highest BCUT2D eigenvalue weighted by Crippen LogP contribution is 2.35. The molecule has 1 N–H and O–H groups in total. The van der Waals surface area contributed by atoms with Crippen LogP contribution in [-0.2, 0) is 0 Å². The summed E-state index contributed by atoms with van der Waals surface area (Å²) >= 11 is 0. The van der Waals surface area contributed by atoms with E-state index in [0.29, 0.717) is 19.0 Å². The normalized spacial score (nSPS) is 13.6. The molecule has 0 amide bonds. The molecule has 0 radical (unpaired) electrons. The Labute approximate surface area is 116 Å². The van der Waals surface area contributed by atoms with Gasteiger partial charge in [-0.2, -0.15) is 0 Å². The second-order valence-corrected chi connectivity index (χ2v) is 4.69. The number of aromatic carboxylic acids is 1. The first kappa shape index (κ1) is 12.5. The molecule has 20 heavy (non-hydrogen) atoms. The van der Waals surface area contributed by atoms with Crippen LogP contribution in [0.4, 0.5) is 11.4 Å². The van der Waals surface area contributed by atoms with E-state index in [0.717, 1.165) is 16.9 Å². The minimum absolute atomic E-state index is 0.274. The fraction of sp³-hybridized carbons (Fsp3) is 0.200. The highest BCUT2D eigenvalue weighted by atomic mass is 16.5. The van der Waals surface area contributed by atoms with Crippen LogP contribution < -0.4 is 9.64 Å². The SMILES string of the molecule is Cc1cnc2c(c1)N(c1cccc(C(=O)O)c1)CCO2. The molecule has 2 heterocycles. The predicted molar refractivity (Wildman–Crippen MR) is 74.9 cm³/mol. The summed E-state index contributed by atoms with van der Waals surface area (Å²) in [5.74, 6) is -0.342. The van der Waals surface area contributed by atoms with E-state index >= 15 is 0 Å². The van der Waals surface area contributed by atoms with Gasteiger partial charge in [-0.25, -0.2) is 9.78 Å². The monoisotopic (exact) mass is 270 g/mol. The lowest BCUT2D eigenvalue weighted by atomic mass is 10.1. The number of aryl methyl sites for hydroxylation is 1. The van der Waals surface area contributed by atoms with Crippen molar-refractivity contribution in [3.05, 3.63) is 47.7 Å². The van der Waals surface area contributed by atoms with Gasteiger partial charge >= 0.3 is 5.97 Å². The average molecular weight is 270 g/mol. The summed E-state index contributed by atoms with van der Waals surface area (Å²) in [5, 5.41) is 9.09. The molecular formula is C15H14N2O3. The van der Waals surface area contributed by atoms with Crippen LogP contribution in [0.1, 0.15) is 15.9 Å². The molecular weight excluding hydrogens is 256 g/mol. The Morgan fingerprint density at radius 2 is 2.25 bits per heavy atom. The van der Waals surface area contributed by atoms with Gasteiger partial charge in [0.25, 0.3) is 0 Å². The number of ether oxygens (including phenoxy) is 1. The van der Waals surface area contributed by atoms with Gasteiger partial charge in [0.15, 0.2) is 0 Å². The third-order valence-corrected chi connectivity index (χ3v) is 3.22. The van der Waals surface area contributed by atoms with E-state index in [-0.39, 0.29) is 5.56 Å². The van der Waals surface area contributed by atoms with Gasteiger partial charge in [0.05, 0.1) is 12.1 Å². The van der Waals surface area contributed by atoms with E-state index in [1.54, 1.807) is 24.4 Å². The van der Waals surface area contributed by atoms with Crippen molar-refractivity contribution >= 4 is 17.3 Å². The molecule has 1 aromatic carbocycles. The minimum atomic E-state index is -0.928. The Kier molecular flexibility index (Phi) is 3.02. The zero-order valence-electron chi connectivity index (χ0n) is 11.0. The molecule has 3 rings (SSSR count). The van der Waals surface area contributed by atoms with Gasteiger partial charge < -0.3 is 14.7 Å². The summed E-state index contributed by atoms with van der Waals surface area (Å²) in [6.07, 6.45) is 1.76. The number of rotatable bonds is 2. The molecule has 2 aromatic rings. The van der Waals surface area contributed by atoms with Crippen molar-refractivity contribution in [2.24, 2.45) is 0 Å². The number of aromatic nitrogens is 1. The number of fused-ring (bicyclic) bond motifs is 1. The molecule has 0 saturated heterocycles. The maximum Gasteiger partial charge on any atom is 0.335 e. The van der Waals surface area contributed by atoms with Crippen molar-refractivity contribution in [1.82, 2.24) is 4.98 Å². The molecule has 0 aliphatic carbocycles. The summed E-state index contributed by atoms with van der Waals surface area (Å²) in [5.41, 5.74) is 3.02. The Morgan fingerprint density at radius 3 is 3.05 bits per heavy atom. The first-order chi connectivity index (χ1) is 9.65. The van der Waals surface area contributed by atoms with E-state index in [1.165, 1.54) is 0 Å². The van der Waals surface area contributed by atoms with Crippen molar-refractivity contribution < 1.29 is 14.6 Å². The van der Waals surface area contributed by atoms with E-state index in [1.807, 2.05) is 24.0 Å². The summed E-state index contributed by atoms with van der Waals surface area (Å²) in [4.78, 5) is 17.4. The molecule has 1 aliphatic heterocycles. The maximum atomic E-state index is 11.1. The molecule has 1 aliphatic rings. The van der Waals surface area contributed by atoms with Crippen molar-refractivity contribution in [3.8, 4) is 5.88 Å². The average Bonchev–Trinajstić information content (AvgIpc) is 2.46. The lowest BCUT2D eigenvalue weighted by Crippen LogP contribution is -2.29. The highest BCUT2D eigenvalue weighted by molar-refractivity contribution is 5.89. The molecule has 0 bridgehead atoms. The van der Waals surface area contributed by atoms with Gasteiger partial charge in [-0.05, 0) is 36.8 Å². The van der Waals surface area contributed by atoms with Gasteiger partial charge in [0, 0.05) is 11.9 Å². The Hall–Kier alpha value is -2.56. The third kappa shape index (κ3) is 2.18. The Bertz CT molecular complexity index is 670. The van der Waals surface area contributed by atoms with Gasteiger partial charge in [-0.15, -0.1) is 0 Å². The molecule has 0 fully saturated rings. The van der Waals surface area contributed by atoms with Crippen LogP contribution in [0.3, 0.4) is 0 Å². The Balaban J connectivity index is 2.06. The summed E-state index contributed by atoms with van der Waals surface area (Å²) in [7, 11) is 0. The fourth-order valence-electron chi connectivity index (χ4n) is 2.27. The number of hydrogen-bond acceptors (Lipinski definition) is 4. The van der Waals surface area contributed by atoms with Crippen LogP contribution in [-0.4, -0.2) is 29.2 Å². The minimum Gasteiger partial charge on any atom is -0.478 e. The molecule has 0 spiro atoms. The number of benzene rings is 1. The molecule has 5 heteroatoms. The van der Waals surface area contributed by atoms with Crippen LogP contribution in [0.2, 0.25) is 0 Å². The number of nitrogens with zero attached hydrogens (tertiary/aromatic N) is 2. The van der Waals surface area contributed by atoms with Crippen molar-refractivity contribution in [1.29, 1.82) is 0 Å². The van der Waals surface area contributed by atoms with E-state index < -0.39 is 5.97 Å². The van der Waals surface area contributed by atoms with Crippen LogP contribution in [0.25, 0.3) is 0 Å². The number of hydrogen-bond donors (Lipinski definition) is 1. The van der Waals surface area contributed by atoms with Crippen LogP contribution in [0, 0.1) is 6.92 Å².